The molecule has 0 amide bonds. The van der Waals surface area contributed by atoms with Gasteiger partial charge in [-0.1, -0.05) is 0 Å². The molecule has 0 bridgehead atoms. The third-order valence-corrected chi connectivity index (χ3v) is 7.77. The van der Waals surface area contributed by atoms with Crippen molar-refractivity contribution in [3.05, 3.63) is 29.9 Å². The fraction of sp³-hybridized carbons (Fsp3) is 0.652. The molecule has 2 aromatic rings. The normalized spacial score (nSPS) is 22.7. The van der Waals surface area contributed by atoms with E-state index in [2.05, 4.69) is 15.0 Å². The summed E-state index contributed by atoms with van der Waals surface area (Å²) in [5.41, 5.74) is -1.65. The summed E-state index contributed by atoms with van der Waals surface area (Å²) in [6.07, 6.45) is 5.13. The number of piperazine rings is 1. The van der Waals surface area contributed by atoms with Gasteiger partial charge >= 0.3 is 0 Å². The van der Waals surface area contributed by atoms with Gasteiger partial charge in [-0.2, -0.15) is 4.98 Å². The molecule has 188 valence electrons. The molecule has 8 nitrogen and oxygen atoms in total. The van der Waals surface area contributed by atoms with E-state index < -0.39 is 21.3 Å². The minimum atomic E-state index is -3.45. The molecule has 34 heavy (non-hydrogen) atoms. The van der Waals surface area contributed by atoms with Gasteiger partial charge < -0.3 is 14.2 Å². The summed E-state index contributed by atoms with van der Waals surface area (Å²) in [4.78, 5) is 8.66. The fourth-order valence-corrected chi connectivity index (χ4v) is 5.22. The van der Waals surface area contributed by atoms with Crippen LogP contribution in [0.1, 0.15) is 45.4 Å². The zero-order chi connectivity index (χ0) is 24.5. The number of benzene rings is 1. The number of halogens is 2. The highest BCUT2D eigenvalue weighted by Crippen LogP contribution is 2.31. The van der Waals surface area contributed by atoms with E-state index in [1.165, 1.54) is 26.0 Å². The van der Waals surface area contributed by atoms with Gasteiger partial charge in [-0.15, -0.1) is 0 Å². The summed E-state index contributed by atoms with van der Waals surface area (Å²) in [6.45, 7) is 6.50. The molecule has 0 N–H and O–H groups in total. The first kappa shape index (κ1) is 24.8. The molecular weight excluding hydrogens is 466 g/mol. The zero-order valence-electron chi connectivity index (χ0n) is 19.8. The van der Waals surface area contributed by atoms with Crippen molar-refractivity contribution in [2.75, 3.05) is 43.9 Å². The lowest BCUT2D eigenvalue weighted by Gasteiger charge is -2.41. The van der Waals surface area contributed by atoms with Gasteiger partial charge in [-0.05, 0) is 68.8 Å². The lowest BCUT2D eigenvalue weighted by molar-refractivity contribution is 0.110. The maximum atomic E-state index is 14.2. The summed E-state index contributed by atoms with van der Waals surface area (Å²) in [5, 5.41) is 3.93. The molecule has 1 aromatic heterocycles. The number of nitrogens with zero attached hydrogens (tertiary/aromatic N) is 4. The van der Waals surface area contributed by atoms with Crippen LogP contribution < -0.4 is 9.64 Å². The Hall–Kier alpha value is -2.27. The fourth-order valence-electron chi connectivity index (χ4n) is 4.59. The summed E-state index contributed by atoms with van der Waals surface area (Å²) in [5.74, 6) is 0.216. The van der Waals surface area contributed by atoms with Gasteiger partial charge in [0, 0.05) is 38.5 Å². The van der Waals surface area contributed by atoms with Crippen LogP contribution in [-0.4, -0.2) is 68.5 Å². The number of hydrogen-bond acceptors (Lipinski definition) is 8. The van der Waals surface area contributed by atoms with Gasteiger partial charge in [0.15, 0.2) is 27.1 Å². The second kappa shape index (κ2) is 9.77. The van der Waals surface area contributed by atoms with Crippen molar-refractivity contribution in [3.8, 4) is 5.75 Å². The zero-order valence-corrected chi connectivity index (χ0v) is 20.7. The summed E-state index contributed by atoms with van der Waals surface area (Å²) in [7, 11) is -3.45. The molecule has 0 atom stereocenters. The highest BCUT2D eigenvalue weighted by Gasteiger charge is 2.32. The molecule has 0 unspecified atom stereocenters. The van der Waals surface area contributed by atoms with Crippen molar-refractivity contribution >= 4 is 15.8 Å². The van der Waals surface area contributed by atoms with Crippen molar-refractivity contribution < 1.29 is 26.5 Å². The lowest BCUT2D eigenvalue weighted by Crippen LogP contribution is -2.51. The Morgan fingerprint density at radius 1 is 1.15 bits per heavy atom. The summed E-state index contributed by atoms with van der Waals surface area (Å²) in [6, 6.07) is 4.26. The number of ether oxygens (including phenoxy) is 1. The molecule has 2 fully saturated rings. The SMILES string of the molecule is CC(C)(F)c1nc(N2CCN([C@H]3CC[C@H](COc4ccc(S(C)(=O)=O)cc4F)CC3)CC2)no1. The van der Waals surface area contributed by atoms with Gasteiger partial charge in [0.1, 0.15) is 0 Å². The second-order valence-electron chi connectivity index (χ2n) is 9.74. The van der Waals surface area contributed by atoms with Crippen LogP contribution in [-0.2, 0) is 15.5 Å². The first-order valence-corrected chi connectivity index (χ1v) is 13.5. The Kier molecular flexibility index (Phi) is 7.14. The number of anilines is 1. The second-order valence-corrected chi connectivity index (χ2v) is 11.8. The molecule has 2 heterocycles. The molecule has 11 heteroatoms. The molecule has 2 aliphatic rings. The van der Waals surface area contributed by atoms with E-state index in [0.29, 0.717) is 24.5 Å². The van der Waals surface area contributed by atoms with Crippen molar-refractivity contribution in [1.82, 2.24) is 15.0 Å². The number of aromatic nitrogens is 2. The Balaban J connectivity index is 1.21. The van der Waals surface area contributed by atoms with E-state index in [1.807, 2.05) is 4.90 Å². The maximum Gasteiger partial charge on any atom is 0.266 e. The quantitative estimate of drug-likeness (QED) is 0.573. The van der Waals surface area contributed by atoms with Crippen molar-refractivity contribution in [3.63, 3.8) is 0 Å². The Morgan fingerprint density at radius 3 is 2.38 bits per heavy atom. The Morgan fingerprint density at radius 2 is 1.82 bits per heavy atom. The highest BCUT2D eigenvalue weighted by atomic mass is 32.2. The third kappa shape index (κ3) is 5.86. The summed E-state index contributed by atoms with van der Waals surface area (Å²) >= 11 is 0. The number of sulfone groups is 1. The van der Waals surface area contributed by atoms with Crippen LogP contribution in [0.15, 0.2) is 27.6 Å². The van der Waals surface area contributed by atoms with E-state index in [0.717, 1.165) is 64.2 Å². The average Bonchev–Trinajstić information content (AvgIpc) is 3.29. The molecule has 1 aliphatic heterocycles. The molecule has 0 spiro atoms. The van der Waals surface area contributed by atoms with Gasteiger partial charge in [0.05, 0.1) is 11.5 Å². The van der Waals surface area contributed by atoms with Crippen LogP contribution in [0.2, 0.25) is 0 Å². The Labute approximate surface area is 199 Å². The van der Waals surface area contributed by atoms with Crippen LogP contribution in [0, 0.1) is 11.7 Å². The van der Waals surface area contributed by atoms with Gasteiger partial charge in [-0.3, -0.25) is 4.90 Å². The first-order chi connectivity index (χ1) is 16.0. The van der Waals surface area contributed by atoms with Gasteiger partial charge in [0.25, 0.3) is 11.8 Å². The summed E-state index contributed by atoms with van der Waals surface area (Å²) < 4.78 is 62.1. The smallest absolute Gasteiger partial charge is 0.266 e. The van der Waals surface area contributed by atoms with Crippen molar-refractivity contribution in [2.24, 2.45) is 5.92 Å². The predicted molar refractivity (Wildman–Crippen MR) is 123 cm³/mol. The molecule has 1 saturated carbocycles. The van der Waals surface area contributed by atoms with Crippen LogP contribution in [0.4, 0.5) is 14.7 Å². The molecule has 1 aromatic carbocycles. The number of rotatable bonds is 7. The average molecular weight is 499 g/mol. The minimum Gasteiger partial charge on any atom is -0.490 e. The molecular formula is C23H32F2N4O4S. The maximum absolute atomic E-state index is 14.2. The van der Waals surface area contributed by atoms with Crippen LogP contribution in [0.3, 0.4) is 0 Å². The predicted octanol–water partition coefficient (Wildman–Crippen LogP) is 3.58. The van der Waals surface area contributed by atoms with Crippen LogP contribution in [0.25, 0.3) is 0 Å². The van der Waals surface area contributed by atoms with Crippen LogP contribution in [0.5, 0.6) is 5.75 Å². The van der Waals surface area contributed by atoms with E-state index in [-0.39, 0.29) is 16.5 Å². The first-order valence-electron chi connectivity index (χ1n) is 11.6. The number of hydrogen-bond donors (Lipinski definition) is 0. The molecule has 0 radical (unpaired) electrons. The molecule has 4 rings (SSSR count). The third-order valence-electron chi connectivity index (χ3n) is 6.66. The van der Waals surface area contributed by atoms with E-state index >= 15 is 0 Å². The molecule has 1 aliphatic carbocycles. The van der Waals surface area contributed by atoms with Gasteiger partial charge in [0.2, 0.25) is 0 Å². The highest BCUT2D eigenvalue weighted by molar-refractivity contribution is 7.90. The monoisotopic (exact) mass is 498 g/mol. The van der Waals surface area contributed by atoms with Crippen molar-refractivity contribution in [1.29, 1.82) is 0 Å². The Bertz CT molecular complexity index is 1090. The lowest BCUT2D eigenvalue weighted by atomic mass is 9.85. The van der Waals surface area contributed by atoms with E-state index in [1.54, 1.807) is 0 Å². The van der Waals surface area contributed by atoms with E-state index in [9.17, 15) is 17.2 Å². The van der Waals surface area contributed by atoms with Crippen LogP contribution >= 0.6 is 0 Å². The minimum absolute atomic E-state index is 0.00306. The topological polar surface area (TPSA) is 88.8 Å². The van der Waals surface area contributed by atoms with Gasteiger partial charge in [-0.25, -0.2) is 17.2 Å². The molecule has 1 saturated heterocycles. The largest absolute Gasteiger partial charge is 0.490 e. The van der Waals surface area contributed by atoms with E-state index in [4.69, 9.17) is 9.26 Å². The standard InChI is InChI=1S/C23H32F2N4O4S/c1-23(2,25)21-26-22(27-33-21)29-12-10-28(11-13-29)17-6-4-16(5-7-17)15-32-20-9-8-18(14-19(20)24)34(3,30)31/h8-9,14,16-17H,4-7,10-13,15H2,1-3H3/t16-,17-. The number of alkyl halides is 1. The van der Waals surface area contributed by atoms with Crippen molar-refractivity contribution in [2.45, 2.75) is 56.1 Å².